The largest absolute Gasteiger partial charge is 0.330 e. The van der Waals surface area contributed by atoms with E-state index in [-0.39, 0.29) is 0 Å². The smallest absolute Gasteiger partial charge is 0.0000168 e. The van der Waals surface area contributed by atoms with Crippen molar-refractivity contribution in [2.45, 2.75) is 31.1 Å². The molecule has 1 heteroatoms. The second kappa shape index (κ2) is 2.83. The second-order valence-electron chi connectivity index (χ2n) is 4.80. The first-order valence-corrected chi connectivity index (χ1v) is 5.65. The highest BCUT2D eigenvalue weighted by Crippen LogP contribution is 2.59. The van der Waals surface area contributed by atoms with Gasteiger partial charge in [0.2, 0.25) is 0 Å². The summed E-state index contributed by atoms with van der Waals surface area (Å²) in [7, 11) is 0. The average molecular weight is 187 g/mol. The van der Waals surface area contributed by atoms with Crippen molar-refractivity contribution < 1.29 is 0 Å². The fraction of sp³-hybridized carbons (Fsp3) is 0.538. The van der Waals surface area contributed by atoms with Gasteiger partial charge in [-0.25, -0.2) is 0 Å². The molecular weight excluding hydrogens is 170 g/mol. The van der Waals surface area contributed by atoms with Crippen molar-refractivity contribution in [1.82, 2.24) is 0 Å². The zero-order chi connectivity index (χ0) is 9.60. The molecule has 2 atom stereocenters. The predicted octanol–water partition coefficient (Wildman–Crippen LogP) is 2.24. The molecule has 1 nitrogen and oxygen atoms in total. The Bertz CT molecular complexity index is 358. The zero-order valence-electron chi connectivity index (χ0n) is 8.50. The highest BCUT2D eigenvalue weighted by molar-refractivity contribution is 5.42. The highest BCUT2D eigenvalue weighted by atomic mass is 14.7. The Hall–Kier alpha value is -0.820. The molecule has 14 heavy (non-hydrogen) atoms. The molecule has 0 radical (unpaired) electrons. The van der Waals surface area contributed by atoms with Gasteiger partial charge < -0.3 is 5.73 Å². The quantitative estimate of drug-likeness (QED) is 0.717. The van der Waals surface area contributed by atoms with E-state index in [2.05, 4.69) is 24.3 Å². The molecule has 0 saturated heterocycles. The molecule has 74 valence electrons. The summed E-state index contributed by atoms with van der Waals surface area (Å²) < 4.78 is 0. The molecule has 1 fully saturated rings. The molecule has 1 spiro atoms. The van der Waals surface area contributed by atoms with Crippen molar-refractivity contribution in [3.05, 3.63) is 35.4 Å². The van der Waals surface area contributed by atoms with Gasteiger partial charge in [0.15, 0.2) is 0 Å². The van der Waals surface area contributed by atoms with Crippen molar-refractivity contribution in [1.29, 1.82) is 0 Å². The van der Waals surface area contributed by atoms with Crippen LogP contribution in [0.2, 0.25) is 0 Å². The number of rotatable bonds is 1. The van der Waals surface area contributed by atoms with Crippen LogP contribution in [0.4, 0.5) is 0 Å². The molecule has 1 aromatic carbocycles. The molecule has 1 aromatic rings. The first-order valence-electron chi connectivity index (χ1n) is 5.65. The van der Waals surface area contributed by atoms with E-state index in [0.717, 1.165) is 12.5 Å². The van der Waals surface area contributed by atoms with Crippen LogP contribution in [0.5, 0.6) is 0 Å². The van der Waals surface area contributed by atoms with E-state index in [1.165, 1.54) is 25.7 Å². The molecule has 3 rings (SSSR count). The number of fused-ring (bicyclic) bond motifs is 2. The van der Waals surface area contributed by atoms with Gasteiger partial charge in [0.05, 0.1) is 0 Å². The lowest BCUT2D eigenvalue weighted by Gasteiger charge is -2.26. The van der Waals surface area contributed by atoms with Crippen molar-refractivity contribution in [2.75, 3.05) is 6.54 Å². The average Bonchev–Trinajstić information content (AvgIpc) is 2.94. The Labute approximate surface area is 85.3 Å². The SMILES string of the molecule is NC[C@@H]1C[C@@]12CCCc1ccccc12. The maximum Gasteiger partial charge on any atom is -0.0000168 e. The Balaban J connectivity index is 2.05. The summed E-state index contributed by atoms with van der Waals surface area (Å²) >= 11 is 0. The van der Waals surface area contributed by atoms with Crippen molar-refractivity contribution in [3.63, 3.8) is 0 Å². The van der Waals surface area contributed by atoms with Gasteiger partial charge in [-0.15, -0.1) is 0 Å². The van der Waals surface area contributed by atoms with Crippen LogP contribution in [0.3, 0.4) is 0 Å². The van der Waals surface area contributed by atoms with E-state index in [1.807, 2.05) is 0 Å². The highest BCUT2D eigenvalue weighted by Gasteiger charge is 2.55. The van der Waals surface area contributed by atoms with Gasteiger partial charge in [0.1, 0.15) is 0 Å². The fourth-order valence-electron chi connectivity index (χ4n) is 3.28. The van der Waals surface area contributed by atoms with Gasteiger partial charge >= 0.3 is 0 Å². The summed E-state index contributed by atoms with van der Waals surface area (Å²) in [4.78, 5) is 0. The monoisotopic (exact) mass is 187 g/mol. The van der Waals surface area contributed by atoms with E-state index in [0.29, 0.717) is 5.41 Å². The van der Waals surface area contributed by atoms with Crippen LogP contribution in [0, 0.1) is 5.92 Å². The maximum absolute atomic E-state index is 5.80. The molecule has 0 heterocycles. The number of aryl methyl sites for hydroxylation is 1. The van der Waals surface area contributed by atoms with Crippen molar-refractivity contribution in [2.24, 2.45) is 11.7 Å². The third-order valence-corrected chi connectivity index (χ3v) is 4.14. The van der Waals surface area contributed by atoms with Crippen LogP contribution in [0.15, 0.2) is 24.3 Å². The molecule has 2 N–H and O–H groups in total. The van der Waals surface area contributed by atoms with Gasteiger partial charge in [-0.3, -0.25) is 0 Å². The van der Waals surface area contributed by atoms with Crippen LogP contribution < -0.4 is 5.73 Å². The van der Waals surface area contributed by atoms with Gasteiger partial charge in [-0.05, 0) is 54.7 Å². The first-order chi connectivity index (χ1) is 6.87. The molecule has 2 aliphatic rings. The normalized spacial score (nSPS) is 34.2. The minimum atomic E-state index is 0.504. The zero-order valence-corrected chi connectivity index (χ0v) is 8.50. The number of hydrogen-bond acceptors (Lipinski definition) is 1. The van der Waals surface area contributed by atoms with E-state index >= 15 is 0 Å². The fourth-order valence-corrected chi connectivity index (χ4v) is 3.28. The van der Waals surface area contributed by atoms with E-state index in [4.69, 9.17) is 5.73 Å². The van der Waals surface area contributed by atoms with Crippen LogP contribution >= 0.6 is 0 Å². The number of nitrogens with two attached hydrogens (primary N) is 1. The van der Waals surface area contributed by atoms with Gasteiger partial charge in [-0.2, -0.15) is 0 Å². The van der Waals surface area contributed by atoms with Crippen molar-refractivity contribution >= 4 is 0 Å². The number of hydrogen-bond donors (Lipinski definition) is 1. The molecule has 0 aliphatic heterocycles. The first kappa shape index (κ1) is 8.49. The molecule has 0 bridgehead atoms. The molecule has 2 aliphatic carbocycles. The Kier molecular flexibility index (Phi) is 1.72. The molecule has 0 amide bonds. The van der Waals surface area contributed by atoms with Gasteiger partial charge in [0, 0.05) is 0 Å². The summed E-state index contributed by atoms with van der Waals surface area (Å²) in [5.74, 6) is 0.768. The summed E-state index contributed by atoms with van der Waals surface area (Å²) in [6.45, 7) is 0.869. The number of benzene rings is 1. The summed E-state index contributed by atoms with van der Waals surface area (Å²) in [5.41, 5.74) is 9.49. The third kappa shape index (κ3) is 0.992. The van der Waals surface area contributed by atoms with E-state index < -0.39 is 0 Å². The topological polar surface area (TPSA) is 26.0 Å². The minimum absolute atomic E-state index is 0.504. The lowest BCUT2D eigenvalue weighted by atomic mass is 9.79. The lowest BCUT2D eigenvalue weighted by molar-refractivity contribution is 0.499. The van der Waals surface area contributed by atoms with Crippen LogP contribution in [-0.4, -0.2) is 6.54 Å². The van der Waals surface area contributed by atoms with E-state index in [9.17, 15) is 0 Å². The predicted molar refractivity (Wildman–Crippen MR) is 58.2 cm³/mol. The summed E-state index contributed by atoms with van der Waals surface area (Å²) in [5, 5.41) is 0. The van der Waals surface area contributed by atoms with Gasteiger partial charge in [0.25, 0.3) is 0 Å². The van der Waals surface area contributed by atoms with Crippen LogP contribution in [-0.2, 0) is 11.8 Å². The van der Waals surface area contributed by atoms with Crippen LogP contribution in [0.25, 0.3) is 0 Å². The molecular formula is C13H17N. The maximum atomic E-state index is 5.80. The molecule has 0 unspecified atom stereocenters. The van der Waals surface area contributed by atoms with E-state index in [1.54, 1.807) is 11.1 Å². The second-order valence-corrected chi connectivity index (χ2v) is 4.80. The molecule has 0 aromatic heterocycles. The van der Waals surface area contributed by atoms with Gasteiger partial charge in [-0.1, -0.05) is 24.3 Å². The Morgan fingerprint density at radius 1 is 1.36 bits per heavy atom. The lowest BCUT2D eigenvalue weighted by Crippen LogP contribution is -2.21. The standard InChI is InChI=1S/C13H17N/c14-9-11-8-13(11)7-3-5-10-4-1-2-6-12(10)13/h1-2,4,6,11H,3,5,7-9,14H2/t11-,13-/m0/s1. The van der Waals surface area contributed by atoms with Crippen molar-refractivity contribution in [3.8, 4) is 0 Å². The van der Waals surface area contributed by atoms with Crippen LogP contribution in [0.1, 0.15) is 30.4 Å². The minimum Gasteiger partial charge on any atom is -0.330 e. The third-order valence-electron chi connectivity index (χ3n) is 4.14. The Morgan fingerprint density at radius 2 is 2.21 bits per heavy atom. The summed E-state index contributed by atoms with van der Waals surface area (Å²) in [6, 6.07) is 8.96. The summed E-state index contributed by atoms with van der Waals surface area (Å²) in [6.07, 6.45) is 5.33. The Morgan fingerprint density at radius 3 is 3.00 bits per heavy atom. The molecule has 1 saturated carbocycles.